The highest BCUT2D eigenvalue weighted by atomic mass is 19.1. The molecule has 3 aromatic rings. The van der Waals surface area contributed by atoms with Crippen LogP contribution in [0.15, 0.2) is 34.9 Å². The summed E-state index contributed by atoms with van der Waals surface area (Å²) in [6.07, 6.45) is 2.89. The predicted molar refractivity (Wildman–Crippen MR) is 97.7 cm³/mol. The fraction of sp³-hybridized carbons (Fsp3) is 0.350. The number of hydrogen-bond acceptors (Lipinski definition) is 5. The van der Waals surface area contributed by atoms with Crippen molar-refractivity contribution in [1.82, 2.24) is 15.0 Å². The fourth-order valence-corrected chi connectivity index (χ4v) is 3.69. The first-order chi connectivity index (χ1) is 13.1. The zero-order chi connectivity index (χ0) is 18.5. The Labute approximate surface area is 155 Å². The van der Waals surface area contributed by atoms with Gasteiger partial charge in [0.2, 0.25) is 0 Å². The molecule has 27 heavy (non-hydrogen) atoms. The third-order valence-corrected chi connectivity index (χ3v) is 5.32. The second-order valence-electron chi connectivity index (χ2n) is 7.38. The highest BCUT2D eigenvalue weighted by Gasteiger charge is 2.34. The maximum Gasteiger partial charge on any atom is 0.259 e. The van der Waals surface area contributed by atoms with Crippen LogP contribution in [0.2, 0.25) is 0 Å². The molecule has 0 bridgehead atoms. The van der Waals surface area contributed by atoms with Gasteiger partial charge in [-0.3, -0.25) is 4.79 Å². The van der Waals surface area contributed by atoms with Crippen LogP contribution in [0, 0.1) is 5.82 Å². The molecule has 2 aliphatic rings. The number of halogens is 1. The van der Waals surface area contributed by atoms with E-state index in [1.54, 1.807) is 23.1 Å². The molecule has 2 N–H and O–H groups in total. The van der Waals surface area contributed by atoms with Crippen LogP contribution in [0.5, 0.6) is 0 Å². The number of pyridine rings is 1. The number of benzene rings is 1. The Balaban J connectivity index is 1.66. The summed E-state index contributed by atoms with van der Waals surface area (Å²) in [7, 11) is 0. The quantitative estimate of drug-likeness (QED) is 0.770. The number of fused-ring (bicyclic) bond motifs is 1. The number of nitrogens with zero attached hydrogens (tertiary/aromatic N) is 3. The van der Waals surface area contributed by atoms with Crippen molar-refractivity contribution in [2.45, 2.75) is 31.2 Å². The largest absolute Gasteiger partial charge is 0.337 e. The maximum absolute atomic E-state index is 13.3. The van der Waals surface area contributed by atoms with Crippen molar-refractivity contribution in [1.29, 1.82) is 0 Å². The average Bonchev–Trinajstić information content (AvgIpc) is 3.28. The molecule has 2 fully saturated rings. The minimum atomic E-state index is -0.321. The van der Waals surface area contributed by atoms with Gasteiger partial charge in [0.1, 0.15) is 5.82 Å². The highest BCUT2D eigenvalue weighted by Crippen LogP contribution is 2.43. The summed E-state index contributed by atoms with van der Waals surface area (Å²) < 4.78 is 18.8. The van der Waals surface area contributed by atoms with Crippen molar-refractivity contribution in [3.63, 3.8) is 0 Å². The van der Waals surface area contributed by atoms with Gasteiger partial charge < -0.3 is 15.2 Å². The lowest BCUT2D eigenvalue weighted by Gasteiger charge is -2.17. The van der Waals surface area contributed by atoms with Gasteiger partial charge in [-0.05, 0) is 49.6 Å². The van der Waals surface area contributed by atoms with Crippen LogP contribution >= 0.6 is 0 Å². The van der Waals surface area contributed by atoms with Gasteiger partial charge in [-0.25, -0.2) is 9.37 Å². The minimum Gasteiger partial charge on any atom is -0.337 e. The highest BCUT2D eigenvalue weighted by molar-refractivity contribution is 6.07. The predicted octanol–water partition coefficient (Wildman–Crippen LogP) is 3.08. The van der Waals surface area contributed by atoms with Crippen LogP contribution in [0.25, 0.3) is 22.4 Å². The van der Waals surface area contributed by atoms with Crippen LogP contribution in [0.4, 0.5) is 4.39 Å². The molecule has 1 saturated heterocycles. The average molecular weight is 366 g/mol. The lowest BCUT2D eigenvalue weighted by atomic mass is 10.0. The van der Waals surface area contributed by atoms with Crippen LogP contribution < -0.4 is 5.73 Å². The number of amides is 1. The van der Waals surface area contributed by atoms with Gasteiger partial charge in [-0.2, -0.15) is 0 Å². The van der Waals surface area contributed by atoms with E-state index in [0.29, 0.717) is 41.4 Å². The van der Waals surface area contributed by atoms with Gasteiger partial charge in [0, 0.05) is 30.6 Å². The van der Waals surface area contributed by atoms with E-state index in [2.05, 4.69) is 10.1 Å². The van der Waals surface area contributed by atoms with Crippen LogP contribution in [0.3, 0.4) is 0 Å². The number of carbonyl (C=O) groups excluding carboxylic acids is 1. The zero-order valence-electron chi connectivity index (χ0n) is 14.7. The summed E-state index contributed by atoms with van der Waals surface area (Å²) in [6, 6.07) is 7.80. The molecule has 0 unspecified atom stereocenters. The van der Waals surface area contributed by atoms with Crippen molar-refractivity contribution in [2.75, 3.05) is 13.1 Å². The topological polar surface area (TPSA) is 85.2 Å². The van der Waals surface area contributed by atoms with Crippen molar-refractivity contribution >= 4 is 17.0 Å². The van der Waals surface area contributed by atoms with Crippen LogP contribution in [-0.4, -0.2) is 40.1 Å². The third-order valence-electron chi connectivity index (χ3n) is 5.32. The smallest absolute Gasteiger partial charge is 0.259 e. The fourth-order valence-electron chi connectivity index (χ4n) is 3.69. The van der Waals surface area contributed by atoms with Crippen molar-refractivity contribution in [2.24, 2.45) is 5.73 Å². The molecule has 3 heterocycles. The zero-order valence-corrected chi connectivity index (χ0v) is 14.7. The van der Waals surface area contributed by atoms with Gasteiger partial charge in [-0.1, -0.05) is 5.16 Å². The Morgan fingerprint density at radius 1 is 1.22 bits per heavy atom. The van der Waals surface area contributed by atoms with E-state index in [-0.39, 0.29) is 17.8 Å². The summed E-state index contributed by atoms with van der Waals surface area (Å²) >= 11 is 0. The molecule has 2 aromatic heterocycles. The standard InChI is InChI=1S/C20H19FN4O2/c21-13-5-3-11(4-6-13)16-9-15(20(26)25-8-7-14(22)10-25)17-18(12-1-2-12)24-27-19(17)23-16/h3-6,9,12,14H,1-2,7-8,10,22H2/t14-/m1/s1. The van der Waals surface area contributed by atoms with E-state index in [1.807, 2.05) is 0 Å². The molecule has 1 atom stereocenters. The first-order valence-corrected chi connectivity index (χ1v) is 9.21. The molecule has 5 rings (SSSR count). The van der Waals surface area contributed by atoms with E-state index in [9.17, 15) is 9.18 Å². The summed E-state index contributed by atoms with van der Waals surface area (Å²) in [6.45, 7) is 1.18. The first kappa shape index (κ1) is 16.4. The maximum atomic E-state index is 13.3. The van der Waals surface area contributed by atoms with E-state index >= 15 is 0 Å². The van der Waals surface area contributed by atoms with Gasteiger partial charge in [0.15, 0.2) is 0 Å². The molecular formula is C20H19FN4O2. The molecule has 7 heteroatoms. The molecule has 1 aromatic carbocycles. The Morgan fingerprint density at radius 2 is 2.00 bits per heavy atom. The molecule has 1 aliphatic heterocycles. The molecule has 138 valence electrons. The monoisotopic (exact) mass is 366 g/mol. The Hall–Kier alpha value is -2.80. The number of rotatable bonds is 3. The van der Waals surface area contributed by atoms with E-state index in [0.717, 1.165) is 30.5 Å². The van der Waals surface area contributed by atoms with Gasteiger partial charge in [-0.15, -0.1) is 0 Å². The summed E-state index contributed by atoms with van der Waals surface area (Å²) in [4.78, 5) is 19.6. The summed E-state index contributed by atoms with van der Waals surface area (Å²) in [5.41, 5.74) is 8.97. The molecule has 1 saturated carbocycles. The second-order valence-corrected chi connectivity index (χ2v) is 7.38. The number of hydrogen-bond donors (Lipinski definition) is 1. The molecule has 1 aliphatic carbocycles. The third kappa shape index (κ3) is 2.88. The number of aromatic nitrogens is 2. The number of nitrogens with two attached hydrogens (primary N) is 1. The van der Waals surface area contributed by atoms with Crippen molar-refractivity contribution in [3.05, 3.63) is 47.4 Å². The molecule has 6 nitrogen and oxygen atoms in total. The van der Waals surface area contributed by atoms with Crippen molar-refractivity contribution in [3.8, 4) is 11.3 Å². The van der Waals surface area contributed by atoms with Gasteiger partial charge in [0.25, 0.3) is 11.6 Å². The first-order valence-electron chi connectivity index (χ1n) is 9.21. The van der Waals surface area contributed by atoms with E-state index < -0.39 is 0 Å². The van der Waals surface area contributed by atoms with E-state index in [4.69, 9.17) is 10.3 Å². The molecule has 0 spiro atoms. The number of carbonyl (C=O) groups is 1. The van der Waals surface area contributed by atoms with Gasteiger partial charge in [0.05, 0.1) is 22.3 Å². The van der Waals surface area contributed by atoms with Gasteiger partial charge >= 0.3 is 0 Å². The Kier molecular flexibility index (Phi) is 3.72. The van der Waals surface area contributed by atoms with Crippen LogP contribution in [0.1, 0.15) is 41.2 Å². The Bertz CT molecular complexity index is 1030. The lowest BCUT2D eigenvalue weighted by Crippen LogP contribution is -2.32. The summed E-state index contributed by atoms with van der Waals surface area (Å²) in [5, 5.41) is 4.90. The molecule has 1 amide bonds. The SMILES string of the molecule is N[C@@H]1CCN(C(=O)c2cc(-c3ccc(F)cc3)nc3onc(C4CC4)c23)C1. The molecule has 0 radical (unpaired) electrons. The number of likely N-dealkylation sites (tertiary alicyclic amines) is 1. The van der Waals surface area contributed by atoms with Crippen LogP contribution in [-0.2, 0) is 0 Å². The minimum absolute atomic E-state index is 0.00762. The summed E-state index contributed by atoms with van der Waals surface area (Å²) in [5.74, 6) is -0.0706. The second kappa shape index (κ2) is 6.13. The van der Waals surface area contributed by atoms with Crippen molar-refractivity contribution < 1.29 is 13.7 Å². The molecular weight excluding hydrogens is 347 g/mol. The Morgan fingerprint density at radius 3 is 2.67 bits per heavy atom. The van der Waals surface area contributed by atoms with E-state index in [1.165, 1.54) is 12.1 Å². The lowest BCUT2D eigenvalue weighted by molar-refractivity contribution is 0.0792. The normalized spacial score (nSPS) is 19.8.